The molecule has 0 fully saturated rings. The van der Waals surface area contributed by atoms with Crippen LogP contribution >= 0.6 is 11.6 Å². The number of halogens is 3. The summed E-state index contributed by atoms with van der Waals surface area (Å²) in [6.45, 7) is -2.99. The molecule has 1 N–H and O–H groups in total. The molecule has 2 aromatic carbocycles. The normalized spacial score (nSPS) is 10.5. The summed E-state index contributed by atoms with van der Waals surface area (Å²) >= 11 is 5.74. The molecule has 0 unspecified atom stereocenters. The molecule has 0 heterocycles. The number of carbonyl (C=O) groups is 2. The molecule has 0 bridgehead atoms. The average molecular weight is 354 g/mol. The van der Waals surface area contributed by atoms with Gasteiger partial charge < -0.3 is 10.1 Å². The van der Waals surface area contributed by atoms with Gasteiger partial charge in [0.1, 0.15) is 5.75 Å². The van der Waals surface area contributed by atoms with Crippen molar-refractivity contribution in [3.63, 3.8) is 0 Å². The van der Waals surface area contributed by atoms with E-state index in [1.165, 1.54) is 18.2 Å². The monoisotopic (exact) mass is 353 g/mol. The molecule has 7 heteroatoms. The maximum atomic E-state index is 12.3. The predicted octanol–water partition coefficient (Wildman–Crippen LogP) is 4.54. The Hall–Kier alpha value is -2.47. The van der Waals surface area contributed by atoms with Crippen LogP contribution in [0.2, 0.25) is 5.02 Å². The van der Waals surface area contributed by atoms with E-state index < -0.39 is 12.5 Å². The Labute approximate surface area is 142 Å². The van der Waals surface area contributed by atoms with Crippen molar-refractivity contribution < 1.29 is 23.1 Å². The number of ether oxygens (including phenoxy) is 1. The zero-order chi connectivity index (χ0) is 17.5. The van der Waals surface area contributed by atoms with Crippen molar-refractivity contribution in [2.75, 3.05) is 5.32 Å². The van der Waals surface area contributed by atoms with E-state index in [2.05, 4.69) is 10.1 Å². The predicted molar refractivity (Wildman–Crippen MR) is 86.7 cm³/mol. The zero-order valence-corrected chi connectivity index (χ0v) is 13.2. The van der Waals surface area contributed by atoms with Crippen molar-refractivity contribution in [2.45, 2.75) is 19.5 Å². The number of anilines is 1. The van der Waals surface area contributed by atoms with E-state index >= 15 is 0 Å². The lowest BCUT2D eigenvalue weighted by molar-refractivity contribution is -0.116. The van der Waals surface area contributed by atoms with E-state index in [1.54, 1.807) is 30.3 Å². The van der Waals surface area contributed by atoms with Crippen molar-refractivity contribution in [2.24, 2.45) is 0 Å². The van der Waals surface area contributed by atoms with Crippen LogP contribution in [0.5, 0.6) is 5.75 Å². The number of rotatable bonds is 7. The number of alkyl halides is 2. The third kappa shape index (κ3) is 5.31. The minimum Gasteiger partial charge on any atom is -0.433 e. The summed E-state index contributed by atoms with van der Waals surface area (Å²) in [7, 11) is 0. The lowest BCUT2D eigenvalue weighted by Gasteiger charge is -2.11. The van der Waals surface area contributed by atoms with Crippen LogP contribution in [0.4, 0.5) is 14.5 Å². The van der Waals surface area contributed by atoms with E-state index in [0.717, 1.165) is 0 Å². The number of benzene rings is 2. The number of nitrogens with one attached hydrogen (secondary N) is 1. The minimum absolute atomic E-state index is 0.00859. The molecule has 0 aliphatic heterocycles. The molecule has 2 aromatic rings. The van der Waals surface area contributed by atoms with Gasteiger partial charge in [0.05, 0.1) is 5.69 Å². The van der Waals surface area contributed by atoms with Gasteiger partial charge in [0, 0.05) is 23.4 Å². The van der Waals surface area contributed by atoms with Gasteiger partial charge in [-0.25, -0.2) is 0 Å². The SMILES string of the molecule is O=C(CCC(=O)c1ccc(Cl)cc1)Nc1ccccc1OC(F)F. The molecular weight excluding hydrogens is 340 g/mol. The molecule has 4 nitrogen and oxygen atoms in total. The number of hydrogen-bond donors (Lipinski definition) is 1. The molecule has 2 rings (SSSR count). The fraction of sp³-hybridized carbons (Fsp3) is 0.176. The van der Waals surface area contributed by atoms with Gasteiger partial charge in [0.2, 0.25) is 5.91 Å². The first kappa shape index (κ1) is 17.9. The van der Waals surface area contributed by atoms with Gasteiger partial charge in [-0.2, -0.15) is 8.78 Å². The second-order valence-corrected chi connectivity index (χ2v) is 5.29. The maximum Gasteiger partial charge on any atom is 0.387 e. The highest BCUT2D eigenvalue weighted by Crippen LogP contribution is 2.25. The molecule has 24 heavy (non-hydrogen) atoms. The lowest BCUT2D eigenvalue weighted by Crippen LogP contribution is -2.15. The number of amides is 1. The van der Waals surface area contributed by atoms with Crippen LogP contribution < -0.4 is 10.1 Å². The number of Topliss-reactive ketones (excluding diaryl/α,β-unsaturated/α-hetero) is 1. The fourth-order valence-electron chi connectivity index (χ4n) is 1.99. The van der Waals surface area contributed by atoms with E-state index in [9.17, 15) is 18.4 Å². The molecular formula is C17H14ClF2NO3. The Morgan fingerprint density at radius 2 is 1.71 bits per heavy atom. The first-order valence-electron chi connectivity index (χ1n) is 7.08. The van der Waals surface area contributed by atoms with Crippen LogP contribution in [0, 0.1) is 0 Å². The van der Waals surface area contributed by atoms with Crippen LogP contribution in [-0.2, 0) is 4.79 Å². The Kier molecular flexibility index (Phi) is 6.26. The van der Waals surface area contributed by atoms with Gasteiger partial charge >= 0.3 is 6.61 Å². The first-order chi connectivity index (χ1) is 11.5. The van der Waals surface area contributed by atoms with Gasteiger partial charge in [-0.1, -0.05) is 23.7 Å². The highest BCUT2D eigenvalue weighted by Gasteiger charge is 2.13. The fourth-order valence-corrected chi connectivity index (χ4v) is 2.11. The minimum atomic E-state index is -2.99. The molecule has 0 saturated carbocycles. The Bertz CT molecular complexity index is 720. The molecule has 0 spiro atoms. The zero-order valence-electron chi connectivity index (χ0n) is 12.5. The Balaban J connectivity index is 1.92. The van der Waals surface area contributed by atoms with Gasteiger partial charge in [-0.3, -0.25) is 9.59 Å². The lowest BCUT2D eigenvalue weighted by atomic mass is 10.1. The summed E-state index contributed by atoms with van der Waals surface area (Å²) in [5.41, 5.74) is 0.579. The molecule has 0 radical (unpaired) electrons. The molecule has 0 saturated heterocycles. The summed E-state index contributed by atoms with van der Waals surface area (Å²) in [5, 5.41) is 2.98. The van der Waals surface area contributed by atoms with Gasteiger partial charge in [-0.15, -0.1) is 0 Å². The molecule has 0 aliphatic carbocycles. The van der Waals surface area contributed by atoms with Crippen molar-refractivity contribution in [1.29, 1.82) is 0 Å². The summed E-state index contributed by atoms with van der Waals surface area (Å²) < 4.78 is 29.0. The van der Waals surface area contributed by atoms with Crippen molar-refractivity contribution in [3.8, 4) is 5.75 Å². The van der Waals surface area contributed by atoms with Crippen LogP contribution in [0.15, 0.2) is 48.5 Å². The first-order valence-corrected chi connectivity index (χ1v) is 7.46. The standard InChI is InChI=1S/C17H14ClF2NO3/c18-12-7-5-11(6-8-12)14(22)9-10-16(23)21-13-3-1-2-4-15(13)24-17(19)20/h1-8,17H,9-10H2,(H,21,23). The molecule has 0 atom stereocenters. The van der Waals surface area contributed by atoms with Crippen LogP contribution in [0.1, 0.15) is 23.2 Å². The quantitative estimate of drug-likeness (QED) is 0.743. The summed E-state index contributed by atoms with van der Waals surface area (Å²) in [6.07, 6.45) is -0.0875. The third-order valence-electron chi connectivity index (χ3n) is 3.12. The number of hydrogen-bond acceptors (Lipinski definition) is 3. The highest BCUT2D eigenvalue weighted by molar-refractivity contribution is 6.30. The average Bonchev–Trinajstić information content (AvgIpc) is 2.54. The smallest absolute Gasteiger partial charge is 0.387 e. The Morgan fingerprint density at radius 1 is 1.04 bits per heavy atom. The summed E-state index contributed by atoms with van der Waals surface area (Å²) in [4.78, 5) is 23.9. The van der Waals surface area contributed by atoms with Crippen LogP contribution in [0.3, 0.4) is 0 Å². The van der Waals surface area contributed by atoms with E-state index in [1.807, 2.05) is 0 Å². The topological polar surface area (TPSA) is 55.4 Å². The molecule has 0 aromatic heterocycles. The van der Waals surface area contributed by atoms with Crippen LogP contribution in [0.25, 0.3) is 0 Å². The van der Waals surface area contributed by atoms with Gasteiger partial charge in [0.25, 0.3) is 0 Å². The van der Waals surface area contributed by atoms with Gasteiger partial charge in [-0.05, 0) is 36.4 Å². The van der Waals surface area contributed by atoms with E-state index in [4.69, 9.17) is 11.6 Å². The summed E-state index contributed by atoms with van der Waals surface area (Å²) in [6, 6.07) is 12.2. The second-order valence-electron chi connectivity index (χ2n) is 4.85. The third-order valence-corrected chi connectivity index (χ3v) is 3.37. The largest absolute Gasteiger partial charge is 0.433 e. The number of ketones is 1. The second kappa shape index (κ2) is 8.40. The Morgan fingerprint density at radius 3 is 2.38 bits per heavy atom. The molecule has 1 amide bonds. The summed E-state index contributed by atoms with van der Waals surface area (Å²) in [5.74, 6) is -0.813. The molecule has 0 aliphatic rings. The van der Waals surface area contributed by atoms with E-state index in [-0.39, 0.29) is 30.1 Å². The maximum absolute atomic E-state index is 12.3. The highest BCUT2D eigenvalue weighted by atomic mass is 35.5. The van der Waals surface area contributed by atoms with Crippen molar-refractivity contribution in [3.05, 3.63) is 59.1 Å². The van der Waals surface area contributed by atoms with E-state index in [0.29, 0.717) is 10.6 Å². The van der Waals surface area contributed by atoms with Crippen LogP contribution in [-0.4, -0.2) is 18.3 Å². The number of carbonyl (C=O) groups excluding carboxylic acids is 2. The molecule has 126 valence electrons. The van der Waals surface area contributed by atoms with Gasteiger partial charge in [0.15, 0.2) is 5.78 Å². The van der Waals surface area contributed by atoms with Crippen molar-refractivity contribution in [1.82, 2.24) is 0 Å². The van der Waals surface area contributed by atoms with Crippen molar-refractivity contribution >= 4 is 29.0 Å². The number of para-hydroxylation sites is 2.